The third kappa shape index (κ3) is 5.39. The molecule has 35 heavy (non-hydrogen) atoms. The lowest BCUT2D eigenvalue weighted by molar-refractivity contribution is -0.170. The van der Waals surface area contributed by atoms with Gasteiger partial charge < -0.3 is 29.4 Å². The van der Waals surface area contributed by atoms with Gasteiger partial charge in [-0.05, 0) is 51.5 Å². The van der Waals surface area contributed by atoms with E-state index in [0.29, 0.717) is 24.2 Å². The molecule has 2 N–H and O–H groups in total. The molecule has 188 valence electrons. The average molecular weight is 482 g/mol. The van der Waals surface area contributed by atoms with Gasteiger partial charge in [-0.2, -0.15) is 4.98 Å². The van der Waals surface area contributed by atoms with Crippen molar-refractivity contribution < 1.29 is 14.6 Å². The Morgan fingerprint density at radius 3 is 2.86 bits per heavy atom. The van der Waals surface area contributed by atoms with Crippen LogP contribution in [0, 0.1) is 5.92 Å². The maximum atomic E-state index is 10.0. The number of piperidine rings is 1. The Kier molecular flexibility index (Phi) is 7.12. The van der Waals surface area contributed by atoms with Crippen LogP contribution in [0.15, 0.2) is 24.5 Å². The van der Waals surface area contributed by atoms with Gasteiger partial charge in [0.25, 0.3) is 0 Å². The molecule has 5 heterocycles. The Hall–Kier alpha value is -2.82. The lowest BCUT2D eigenvalue weighted by Gasteiger charge is -2.34. The van der Waals surface area contributed by atoms with Gasteiger partial charge in [0, 0.05) is 38.0 Å². The van der Waals surface area contributed by atoms with Gasteiger partial charge >= 0.3 is 0 Å². The zero-order valence-electron chi connectivity index (χ0n) is 20.7. The SMILES string of the molecule is CC(C)n1c(COC2CCCCO2)nc2cnc(Nc3ccnc(N4CC[C@H](O)[C@@H](C)C4)n3)cc21. The second-order valence-corrected chi connectivity index (χ2v) is 9.80. The normalized spacial score (nSPS) is 23.2. The first-order chi connectivity index (χ1) is 17.0. The van der Waals surface area contributed by atoms with Gasteiger partial charge in [0.2, 0.25) is 5.95 Å². The lowest BCUT2D eigenvalue weighted by Crippen LogP contribution is -2.42. The molecule has 0 aliphatic carbocycles. The van der Waals surface area contributed by atoms with Crippen LogP contribution < -0.4 is 10.2 Å². The predicted molar refractivity (Wildman–Crippen MR) is 134 cm³/mol. The molecule has 2 aliphatic heterocycles. The third-order valence-corrected chi connectivity index (χ3v) is 6.74. The summed E-state index contributed by atoms with van der Waals surface area (Å²) in [5.74, 6) is 3.08. The summed E-state index contributed by atoms with van der Waals surface area (Å²) in [5.41, 5.74) is 1.82. The molecule has 10 nitrogen and oxygen atoms in total. The van der Waals surface area contributed by atoms with E-state index in [1.54, 1.807) is 12.4 Å². The highest BCUT2D eigenvalue weighted by molar-refractivity contribution is 5.79. The number of anilines is 3. The van der Waals surface area contributed by atoms with Crippen LogP contribution in [0.4, 0.5) is 17.6 Å². The maximum absolute atomic E-state index is 10.0. The Labute approximate surface area is 205 Å². The topological polar surface area (TPSA) is 110 Å². The maximum Gasteiger partial charge on any atom is 0.227 e. The molecule has 0 saturated carbocycles. The molecule has 0 radical (unpaired) electrons. The van der Waals surface area contributed by atoms with Gasteiger partial charge in [-0.25, -0.2) is 15.0 Å². The first kappa shape index (κ1) is 23.9. The smallest absolute Gasteiger partial charge is 0.227 e. The molecular formula is C25H35N7O3. The molecule has 3 aromatic heterocycles. The second-order valence-electron chi connectivity index (χ2n) is 9.80. The highest BCUT2D eigenvalue weighted by Gasteiger charge is 2.26. The van der Waals surface area contributed by atoms with Crippen LogP contribution in [-0.4, -0.2) is 61.7 Å². The van der Waals surface area contributed by atoms with E-state index in [1.165, 1.54) is 0 Å². The second kappa shape index (κ2) is 10.4. The molecule has 2 saturated heterocycles. The summed E-state index contributed by atoms with van der Waals surface area (Å²) in [7, 11) is 0. The summed E-state index contributed by atoms with van der Waals surface area (Å²) >= 11 is 0. The highest BCUT2D eigenvalue weighted by atomic mass is 16.7. The minimum absolute atomic E-state index is 0.155. The number of fused-ring (bicyclic) bond motifs is 1. The largest absolute Gasteiger partial charge is 0.393 e. The van der Waals surface area contributed by atoms with E-state index < -0.39 is 0 Å². The van der Waals surface area contributed by atoms with Crippen molar-refractivity contribution in [2.24, 2.45) is 5.92 Å². The fraction of sp³-hybridized carbons (Fsp3) is 0.600. The van der Waals surface area contributed by atoms with Crippen molar-refractivity contribution in [1.82, 2.24) is 24.5 Å². The number of aliphatic hydroxyl groups is 1. The van der Waals surface area contributed by atoms with Crippen molar-refractivity contribution in [3.63, 3.8) is 0 Å². The molecular weight excluding hydrogens is 446 g/mol. The Morgan fingerprint density at radius 2 is 2.09 bits per heavy atom. The zero-order valence-corrected chi connectivity index (χ0v) is 20.7. The number of aliphatic hydroxyl groups excluding tert-OH is 1. The molecule has 10 heteroatoms. The molecule has 0 amide bonds. The average Bonchev–Trinajstić information content (AvgIpc) is 3.23. The van der Waals surface area contributed by atoms with Gasteiger partial charge in [0.15, 0.2) is 6.29 Å². The van der Waals surface area contributed by atoms with E-state index in [-0.39, 0.29) is 24.4 Å². The van der Waals surface area contributed by atoms with Crippen molar-refractivity contribution in [3.8, 4) is 0 Å². The van der Waals surface area contributed by atoms with Crippen LogP contribution in [0.1, 0.15) is 58.3 Å². The van der Waals surface area contributed by atoms with Crippen LogP contribution in [0.25, 0.3) is 11.0 Å². The number of pyridine rings is 1. The lowest BCUT2D eigenvalue weighted by atomic mass is 9.97. The monoisotopic (exact) mass is 481 g/mol. The number of hydrogen-bond donors (Lipinski definition) is 2. The summed E-state index contributed by atoms with van der Waals surface area (Å²) < 4.78 is 13.9. The van der Waals surface area contributed by atoms with E-state index in [1.807, 2.05) is 12.1 Å². The van der Waals surface area contributed by atoms with Gasteiger partial charge in [-0.15, -0.1) is 0 Å². The van der Waals surface area contributed by atoms with Crippen molar-refractivity contribution >= 4 is 28.6 Å². The minimum atomic E-state index is -0.264. The van der Waals surface area contributed by atoms with Crippen LogP contribution in [-0.2, 0) is 16.1 Å². The molecule has 0 aromatic carbocycles. The summed E-state index contributed by atoms with van der Waals surface area (Å²) in [6.07, 6.45) is 6.99. The van der Waals surface area contributed by atoms with Crippen molar-refractivity contribution in [2.45, 2.75) is 71.5 Å². The van der Waals surface area contributed by atoms with E-state index in [4.69, 9.17) is 19.4 Å². The number of imidazole rings is 1. The first-order valence-corrected chi connectivity index (χ1v) is 12.6. The third-order valence-electron chi connectivity index (χ3n) is 6.74. The molecule has 3 aromatic rings. The van der Waals surface area contributed by atoms with Gasteiger partial charge in [-0.3, -0.25) is 0 Å². The van der Waals surface area contributed by atoms with Crippen molar-refractivity contribution in [3.05, 3.63) is 30.4 Å². The number of rotatable bonds is 7. The molecule has 0 spiro atoms. The van der Waals surface area contributed by atoms with Gasteiger partial charge in [0.1, 0.15) is 29.6 Å². The fourth-order valence-corrected chi connectivity index (χ4v) is 4.82. The molecule has 1 unspecified atom stereocenters. The molecule has 3 atom stereocenters. The van der Waals surface area contributed by atoms with Crippen LogP contribution in [0.3, 0.4) is 0 Å². The number of nitrogens with zero attached hydrogens (tertiary/aromatic N) is 6. The summed E-state index contributed by atoms with van der Waals surface area (Å²) in [6, 6.07) is 4.05. The fourth-order valence-electron chi connectivity index (χ4n) is 4.82. The van der Waals surface area contributed by atoms with Gasteiger partial charge in [0.05, 0.1) is 17.8 Å². The highest BCUT2D eigenvalue weighted by Crippen LogP contribution is 2.26. The van der Waals surface area contributed by atoms with Crippen LogP contribution in [0.2, 0.25) is 0 Å². The van der Waals surface area contributed by atoms with E-state index in [9.17, 15) is 5.11 Å². The van der Waals surface area contributed by atoms with Gasteiger partial charge in [-0.1, -0.05) is 6.92 Å². The minimum Gasteiger partial charge on any atom is -0.393 e. The first-order valence-electron chi connectivity index (χ1n) is 12.6. The molecule has 5 rings (SSSR count). The van der Waals surface area contributed by atoms with Crippen molar-refractivity contribution in [1.29, 1.82) is 0 Å². The summed E-state index contributed by atoms with van der Waals surface area (Å²) in [4.78, 5) is 20.6. The number of aromatic nitrogens is 5. The number of nitrogens with one attached hydrogen (secondary N) is 1. The standard InChI is InChI=1S/C25H35N7O3/c1-16(2)32-19-12-22(27-13-18(19)28-23(32)15-35-24-6-4-5-11-34-24)29-21-7-9-26-25(30-21)31-10-8-20(33)17(3)14-31/h7,9,12-13,16-17,20,24,33H,4-6,8,10-11,14-15H2,1-3H3,(H,26,27,29,30)/t17-,20-,24?/m0/s1. The van der Waals surface area contributed by atoms with Crippen LogP contribution in [0.5, 0.6) is 0 Å². The van der Waals surface area contributed by atoms with Crippen LogP contribution >= 0.6 is 0 Å². The summed E-state index contributed by atoms with van der Waals surface area (Å²) in [6.45, 7) is 8.97. The zero-order chi connectivity index (χ0) is 24.4. The predicted octanol–water partition coefficient (Wildman–Crippen LogP) is 3.80. The Balaban J connectivity index is 1.34. The Bertz CT molecular complexity index is 1150. The molecule has 2 aliphatic rings. The van der Waals surface area contributed by atoms with E-state index in [0.717, 1.165) is 62.2 Å². The van der Waals surface area contributed by atoms with Crippen molar-refractivity contribution in [2.75, 3.05) is 29.9 Å². The molecule has 2 fully saturated rings. The Morgan fingerprint density at radius 1 is 1.20 bits per heavy atom. The van der Waals surface area contributed by atoms with E-state index in [2.05, 4.69) is 45.5 Å². The number of hydrogen-bond acceptors (Lipinski definition) is 9. The molecule has 0 bridgehead atoms. The van der Waals surface area contributed by atoms with E-state index >= 15 is 0 Å². The quantitative estimate of drug-likeness (QED) is 0.520. The summed E-state index contributed by atoms with van der Waals surface area (Å²) in [5, 5.41) is 13.4. The number of ether oxygens (including phenoxy) is 2.